The van der Waals surface area contributed by atoms with Crippen molar-refractivity contribution in [3.8, 4) is 5.75 Å². The van der Waals surface area contributed by atoms with E-state index in [1.807, 2.05) is 0 Å². The summed E-state index contributed by atoms with van der Waals surface area (Å²) in [5, 5.41) is 6.28. The second kappa shape index (κ2) is 9.89. The standard InChI is InChI=1S/C18H27N3O5S.ClH/c1-13-5-6-19-12-16(13)20-18(22)15-11-14(3-4-17(15)25-2)27(23,24)21-7-9-26-10-8-21;/h3-4,11,13,16,19H,5-10,12H2,1-2H3,(H,20,22);1H. The molecule has 0 saturated carbocycles. The van der Waals surface area contributed by atoms with Crippen molar-refractivity contribution >= 4 is 28.3 Å². The number of hydrogen-bond acceptors (Lipinski definition) is 6. The zero-order valence-corrected chi connectivity index (χ0v) is 17.8. The molecule has 28 heavy (non-hydrogen) atoms. The topological polar surface area (TPSA) is 97.0 Å². The van der Waals surface area contributed by atoms with Crippen LogP contribution in [0.2, 0.25) is 0 Å². The minimum Gasteiger partial charge on any atom is -0.496 e. The van der Waals surface area contributed by atoms with E-state index in [1.54, 1.807) is 0 Å². The third kappa shape index (κ3) is 4.96. The number of nitrogens with zero attached hydrogens (tertiary/aromatic N) is 1. The third-order valence-corrected chi connectivity index (χ3v) is 7.06. The van der Waals surface area contributed by atoms with Gasteiger partial charge in [-0.05, 0) is 37.1 Å². The van der Waals surface area contributed by atoms with E-state index in [-0.39, 0.29) is 34.8 Å². The zero-order valence-electron chi connectivity index (χ0n) is 16.1. The highest BCUT2D eigenvalue weighted by Crippen LogP contribution is 2.25. The summed E-state index contributed by atoms with van der Waals surface area (Å²) in [6.07, 6.45) is 0.980. The second-order valence-corrected chi connectivity index (χ2v) is 8.87. The van der Waals surface area contributed by atoms with Crippen molar-refractivity contribution < 1.29 is 22.7 Å². The summed E-state index contributed by atoms with van der Waals surface area (Å²) in [6, 6.07) is 4.41. The molecule has 8 nitrogen and oxygen atoms in total. The highest BCUT2D eigenvalue weighted by molar-refractivity contribution is 7.89. The second-order valence-electron chi connectivity index (χ2n) is 6.93. The number of morpholine rings is 1. The largest absolute Gasteiger partial charge is 0.496 e. The lowest BCUT2D eigenvalue weighted by molar-refractivity contribution is 0.0730. The fourth-order valence-electron chi connectivity index (χ4n) is 3.39. The maximum absolute atomic E-state index is 12.9. The molecule has 3 rings (SSSR count). The molecule has 2 heterocycles. The quantitative estimate of drug-likeness (QED) is 0.715. The molecule has 1 amide bonds. The van der Waals surface area contributed by atoms with Crippen LogP contribution in [0.3, 0.4) is 0 Å². The van der Waals surface area contributed by atoms with Gasteiger partial charge >= 0.3 is 0 Å². The van der Waals surface area contributed by atoms with E-state index in [2.05, 4.69) is 17.6 Å². The maximum atomic E-state index is 12.9. The van der Waals surface area contributed by atoms with E-state index in [1.165, 1.54) is 29.6 Å². The molecule has 1 aromatic rings. The number of sulfonamides is 1. The van der Waals surface area contributed by atoms with Crippen LogP contribution < -0.4 is 15.4 Å². The van der Waals surface area contributed by atoms with E-state index < -0.39 is 10.0 Å². The van der Waals surface area contributed by atoms with Gasteiger partial charge in [-0.2, -0.15) is 4.31 Å². The van der Waals surface area contributed by atoms with Crippen molar-refractivity contribution in [1.82, 2.24) is 14.9 Å². The number of amides is 1. The molecule has 2 aliphatic heterocycles. The first-order valence-electron chi connectivity index (χ1n) is 9.21. The van der Waals surface area contributed by atoms with E-state index >= 15 is 0 Å². The Bertz CT molecular complexity index is 783. The fourth-order valence-corrected chi connectivity index (χ4v) is 4.82. The van der Waals surface area contributed by atoms with Gasteiger partial charge in [0, 0.05) is 25.7 Å². The van der Waals surface area contributed by atoms with Gasteiger partial charge in [0.25, 0.3) is 5.91 Å². The Hall–Kier alpha value is -1.39. The van der Waals surface area contributed by atoms with Gasteiger partial charge in [-0.1, -0.05) is 6.92 Å². The summed E-state index contributed by atoms with van der Waals surface area (Å²) < 4.78 is 37.7. The van der Waals surface area contributed by atoms with Crippen molar-refractivity contribution in [2.24, 2.45) is 5.92 Å². The molecule has 2 atom stereocenters. The van der Waals surface area contributed by atoms with Gasteiger partial charge in [0.15, 0.2) is 0 Å². The molecule has 158 valence electrons. The Labute approximate surface area is 172 Å². The minimum atomic E-state index is -3.68. The third-order valence-electron chi connectivity index (χ3n) is 5.17. The van der Waals surface area contributed by atoms with Crippen LogP contribution in [0.4, 0.5) is 0 Å². The summed E-state index contributed by atoms with van der Waals surface area (Å²) in [5.74, 6) is 0.373. The van der Waals surface area contributed by atoms with Crippen molar-refractivity contribution in [2.75, 3.05) is 46.5 Å². The first-order valence-corrected chi connectivity index (χ1v) is 10.6. The Morgan fingerprint density at radius 3 is 2.68 bits per heavy atom. The summed E-state index contributed by atoms with van der Waals surface area (Å²) >= 11 is 0. The van der Waals surface area contributed by atoms with Gasteiger partial charge < -0.3 is 20.1 Å². The van der Waals surface area contributed by atoms with Crippen LogP contribution >= 0.6 is 12.4 Å². The lowest BCUT2D eigenvalue weighted by Crippen LogP contribution is -2.50. The monoisotopic (exact) mass is 433 g/mol. The number of carbonyl (C=O) groups is 1. The molecule has 2 unspecified atom stereocenters. The van der Waals surface area contributed by atoms with Gasteiger partial charge in [-0.3, -0.25) is 4.79 Å². The van der Waals surface area contributed by atoms with Crippen LogP contribution in [0.25, 0.3) is 0 Å². The molecule has 2 fully saturated rings. The Balaban J connectivity index is 0.00000280. The molecule has 1 aromatic carbocycles. The first-order chi connectivity index (χ1) is 12.9. The Morgan fingerprint density at radius 2 is 2.04 bits per heavy atom. The van der Waals surface area contributed by atoms with Crippen molar-refractivity contribution in [3.05, 3.63) is 23.8 Å². The highest BCUT2D eigenvalue weighted by atomic mass is 35.5. The van der Waals surface area contributed by atoms with Crippen LogP contribution in [0.15, 0.2) is 23.1 Å². The predicted molar refractivity (Wildman–Crippen MR) is 108 cm³/mol. The van der Waals surface area contributed by atoms with E-state index in [0.717, 1.165) is 13.0 Å². The molecular weight excluding hydrogens is 406 g/mol. The SMILES string of the molecule is COc1ccc(S(=O)(=O)N2CCOCC2)cc1C(=O)NC1CNCCC1C.Cl. The number of hydrogen-bond donors (Lipinski definition) is 2. The Kier molecular flexibility index (Phi) is 8.08. The molecular formula is C18H28ClN3O5S. The average molecular weight is 434 g/mol. The van der Waals surface area contributed by atoms with Gasteiger partial charge in [0.1, 0.15) is 5.75 Å². The molecule has 2 saturated heterocycles. The van der Waals surface area contributed by atoms with Crippen molar-refractivity contribution in [2.45, 2.75) is 24.3 Å². The number of rotatable bonds is 5. The molecule has 0 aliphatic carbocycles. The molecule has 0 radical (unpaired) electrons. The van der Waals surface area contributed by atoms with Gasteiger partial charge in [0.2, 0.25) is 10.0 Å². The van der Waals surface area contributed by atoms with Crippen LogP contribution in [0.1, 0.15) is 23.7 Å². The number of piperidine rings is 1. The molecule has 0 aromatic heterocycles. The first kappa shape index (κ1) is 22.9. The molecule has 0 bridgehead atoms. The number of methoxy groups -OCH3 is 1. The number of halogens is 1. The van der Waals surface area contributed by atoms with Crippen LogP contribution in [-0.2, 0) is 14.8 Å². The zero-order chi connectivity index (χ0) is 19.4. The lowest BCUT2D eigenvalue weighted by Gasteiger charge is -2.30. The normalized spacial score (nSPS) is 23.5. The number of nitrogens with one attached hydrogen (secondary N) is 2. The lowest BCUT2D eigenvalue weighted by atomic mass is 9.94. The maximum Gasteiger partial charge on any atom is 0.255 e. The summed E-state index contributed by atoms with van der Waals surface area (Å²) in [4.78, 5) is 12.9. The molecule has 2 aliphatic rings. The van der Waals surface area contributed by atoms with Gasteiger partial charge in [-0.15, -0.1) is 12.4 Å². The number of benzene rings is 1. The van der Waals surface area contributed by atoms with E-state index in [0.29, 0.717) is 44.5 Å². The summed E-state index contributed by atoms with van der Waals surface area (Å²) in [6.45, 7) is 5.08. The van der Waals surface area contributed by atoms with Gasteiger partial charge in [0.05, 0.1) is 30.8 Å². The smallest absolute Gasteiger partial charge is 0.255 e. The highest BCUT2D eigenvalue weighted by Gasteiger charge is 2.29. The van der Waals surface area contributed by atoms with Crippen molar-refractivity contribution in [3.63, 3.8) is 0 Å². The molecule has 10 heteroatoms. The fraction of sp³-hybridized carbons (Fsp3) is 0.611. The average Bonchev–Trinajstić information content (AvgIpc) is 2.69. The minimum absolute atomic E-state index is 0. The number of carbonyl (C=O) groups excluding carboxylic acids is 1. The van der Waals surface area contributed by atoms with Crippen LogP contribution in [-0.4, -0.2) is 71.2 Å². The Morgan fingerprint density at radius 1 is 1.32 bits per heavy atom. The van der Waals surface area contributed by atoms with Crippen molar-refractivity contribution in [1.29, 1.82) is 0 Å². The molecule has 2 N–H and O–H groups in total. The molecule has 0 spiro atoms. The summed E-state index contributed by atoms with van der Waals surface area (Å²) in [5.41, 5.74) is 0.226. The van der Waals surface area contributed by atoms with E-state index in [9.17, 15) is 13.2 Å². The number of ether oxygens (including phenoxy) is 2. The summed E-state index contributed by atoms with van der Waals surface area (Å²) in [7, 11) is -2.22. The van der Waals surface area contributed by atoms with Gasteiger partial charge in [-0.25, -0.2) is 8.42 Å². The van der Waals surface area contributed by atoms with Crippen LogP contribution in [0.5, 0.6) is 5.75 Å². The predicted octanol–water partition coefficient (Wildman–Crippen LogP) is 0.866. The van der Waals surface area contributed by atoms with Crippen LogP contribution in [0, 0.1) is 5.92 Å². The van der Waals surface area contributed by atoms with E-state index in [4.69, 9.17) is 9.47 Å².